The van der Waals surface area contributed by atoms with Crippen molar-refractivity contribution in [2.24, 2.45) is 5.41 Å². The number of hydrogen-bond acceptors (Lipinski definition) is 3. The van der Waals surface area contributed by atoms with Gasteiger partial charge in [-0.15, -0.1) is 0 Å². The third-order valence-electron chi connectivity index (χ3n) is 2.96. The first kappa shape index (κ1) is 15.7. The molecule has 5 heteroatoms. The Balaban J connectivity index is 3.13. The van der Waals surface area contributed by atoms with Gasteiger partial charge >= 0.3 is 5.97 Å². The first-order valence-corrected chi connectivity index (χ1v) is 6.59. The van der Waals surface area contributed by atoms with Gasteiger partial charge in [0.05, 0.1) is 18.1 Å². The van der Waals surface area contributed by atoms with E-state index in [2.05, 4.69) is 15.9 Å². The Labute approximate surface area is 120 Å². The highest BCUT2D eigenvalue weighted by atomic mass is 79.9. The molecule has 0 aromatic heterocycles. The molecule has 0 atom stereocenters. The number of carbonyl (C=O) groups excluding carboxylic acids is 1. The number of carboxylic acid groups (broad SMARTS) is 1. The van der Waals surface area contributed by atoms with E-state index in [0.29, 0.717) is 11.3 Å². The Kier molecular flexibility index (Phi) is 4.74. The van der Waals surface area contributed by atoms with Crippen LogP contribution in [0.25, 0.3) is 0 Å². The van der Waals surface area contributed by atoms with E-state index in [1.165, 1.54) is 21.0 Å². The normalized spacial score (nSPS) is 11.2. The lowest BCUT2D eigenvalue weighted by Gasteiger charge is -2.19. The second-order valence-electron chi connectivity index (χ2n) is 5.09. The summed E-state index contributed by atoms with van der Waals surface area (Å²) in [4.78, 5) is 23.3. The minimum atomic E-state index is -1.10. The van der Waals surface area contributed by atoms with Crippen molar-refractivity contribution in [3.05, 3.63) is 27.7 Å². The number of aryl methyl sites for hydroxylation is 1. The lowest BCUT2D eigenvalue weighted by molar-refractivity contribution is -0.146. The van der Waals surface area contributed by atoms with Crippen LogP contribution in [-0.2, 0) is 4.79 Å². The van der Waals surface area contributed by atoms with Gasteiger partial charge in [-0.05, 0) is 38.5 Å². The summed E-state index contributed by atoms with van der Waals surface area (Å²) in [6, 6.07) is 3.43. The Morgan fingerprint density at radius 1 is 1.37 bits per heavy atom. The number of benzene rings is 1. The molecule has 0 saturated heterocycles. The topological polar surface area (TPSA) is 63.6 Å². The average Bonchev–Trinajstić information content (AvgIpc) is 2.31. The van der Waals surface area contributed by atoms with Gasteiger partial charge in [-0.2, -0.15) is 0 Å². The molecule has 104 valence electrons. The van der Waals surface area contributed by atoms with Crippen molar-refractivity contribution in [3.8, 4) is 5.75 Å². The molecule has 0 bridgehead atoms. The minimum Gasteiger partial charge on any atom is -0.496 e. The van der Waals surface area contributed by atoms with Crippen LogP contribution in [0.1, 0.15) is 36.2 Å². The molecule has 0 heterocycles. The summed E-state index contributed by atoms with van der Waals surface area (Å²) in [7, 11) is 1.49. The van der Waals surface area contributed by atoms with E-state index >= 15 is 0 Å². The molecule has 0 radical (unpaired) electrons. The second-order valence-corrected chi connectivity index (χ2v) is 5.95. The van der Waals surface area contributed by atoms with Crippen LogP contribution in [0.15, 0.2) is 16.6 Å². The van der Waals surface area contributed by atoms with Gasteiger partial charge in [0, 0.05) is 10.9 Å². The molecule has 0 aliphatic rings. The molecule has 0 amide bonds. The zero-order valence-electron chi connectivity index (χ0n) is 11.4. The maximum Gasteiger partial charge on any atom is 0.309 e. The molecule has 0 spiro atoms. The number of ether oxygens (including phenoxy) is 1. The van der Waals surface area contributed by atoms with Crippen molar-refractivity contribution in [2.75, 3.05) is 7.11 Å². The van der Waals surface area contributed by atoms with Crippen LogP contribution in [-0.4, -0.2) is 24.0 Å². The largest absolute Gasteiger partial charge is 0.496 e. The van der Waals surface area contributed by atoms with Gasteiger partial charge in [-0.3, -0.25) is 9.59 Å². The van der Waals surface area contributed by atoms with Crippen molar-refractivity contribution in [2.45, 2.75) is 27.2 Å². The van der Waals surface area contributed by atoms with Crippen LogP contribution in [0.3, 0.4) is 0 Å². The second kappa shape index (κ2) is 5.74. The van der Waals surface area contributed by atoms with Gasteiger partial charge in [-0.25, -0.2) is 0 Å². The third kappa shape index (κ3) is 3.56. The fourth-order valence-corrected chi connectivity index (χ4v) is 1.96. The number of halogens is 1. The van der Waals surface area contributed by atoms with Crippen molar-refractivity contribution < 1.29 is 19.4 Å². The summed E-state index contributed by atoms with van der Waals surface area (Å²) in [5.41, 5.74) is 0.250. The molecular weight excluding hydrogens is 312 g/mol. The number of carboxylic acids is 1. The summed E-state index contributed by atoms with van der Waals surface area (Å²) in [5.74, 6) is -0.775. The Morgan fingerprint density at radius 2 is 1.95 bits per heavy atom. The first-order chi connectivity index (χ1) is 8.69. The lowest BCUT2D eigenvalue weighted by atomic mass is 9.85. The highest BCUT2D eigenvalue weighted by molar-refractivity contribution is 9.10. The van der Waals surface area contributed by atoms with E-state index in [1.54, 1.807) is 12.1 Å². The number of methoxy groups -OCH3 is 1. The summed E-state index contributed by atoms with van der Waals surface area (Å²) < 4.78 is 5.98. The Bertz CT molecular complexity index is 520. The van der Waals surface area contributed by atoms with Crippen LogP contribution in [0.4, 0.5) is 0 Å². The molecule has 0 aliphatic heterocycles. The first-order valence-electron chi connectivity index (χ1n) is 5.80. The van der Waals surface area contributed by atoms with Crippen molar-refractivity contribution in [1.82, 2.24) is 0 Å². The number of ketones is 1. The van der Waals surface area contributed by atoms with Crippen LogP contribution in [0, 0.1) is 12.3 Å². The van der Waals surface area contributed by atoms with E-state index in [4.69, 9.17) is 9.84 Å². The van der Waals surface area contributed by atoms with Crippen LogP contribution >= 0.6 is 15.9 Å². The van der Waals surface area contributed by atoms with Crippen molar-refractivity contribution >= 4 is 27.7 Å². The van der Waals surface area contributed by atoms with Crippen LogP contribution < -0.4 is 4.74 Å². The molecule has 19 heavy (non-hydrogen) atoms. The SMILES string of the molecule is COc1cc(C)c(Br)cc1C(=O)CC(C)(C)C(=O)O. The quantitative estimate of drug-likeness (QED) is 0.841. The fourth-order valence-electron chi connectivity index (χ4n) is 1.61. The fraction of sp³-hybridized carbons (Fsp3) is 0.429. The van der Waals surface area contributed by atoms with Crippen LogP contribution in [0.2, 0.25) is 0 Å². The lowest BCUT2D eigenvalue weighted by Crippen LogP contribution is -2.27. The minimum absolute atomic E-state index is 0.0752. The van der Waals surface area contributed by atoms with E-state index < -0.39 is 11.4 Å². The molecule has 0 saturated carbocycles. The van der Waals surface area contributed by atoms with E-state index in [0.717, 1.165) is 10.0 Å². The smallest absolute Gasteiger partial charge is 0.309 e. The summed E-state index contributed by atoms with van der Waals surface area (Å²) in [6.45, 7) is 4.95. The summed E-state index contributed by atoms with van der Waals surface area (Å²) in [6.07, 6.45) is -0.0752. The maximum absolute atomic E-state index is 12.2. The number of aliphatic carboxylic acids is 1. The van der Waals surface area contributed by atoms with E-state index in [9.17, 15) is 9.59 Å². The van der Waals surface area contributed by atoms with Gasteiger partial charge in [0.1, 0.15) is 5.75 Å². The molecule has 0 unspecified atom stereocenters. The molecule has 1 rings (SSSR count). The number of hydrogen-bond donors (Lipinski definition) is 1. The predicted octanol–water partition coefficient (Wildman–Crippen LogP) is 3.45. The standard InChI is InChI=1S/C14H17BrO4/c1-8-5-12(19-4)9(6-10(8)15)11(16)7-14(2,3)13(17)18/h5-6H,7H2,1-4H3,(H,17,18). The van der Waals surface area contributed by atoms with Gasteiger partial charge in [-0.1, -0.05) is 15.9 Å². The number of rotatable bonds is 5. The molecule has 0 aliphatic carbocycles. The van der Waals surface area contributed by atoms with E-state index in [-0.39, 0.29) is 12.2 Å². The Morgan fingerprint density at radius 3 is 2.42 bits per heavy atom. The maximum atomic E-state index is 12.2. The van der Waals surface area contributed by atoms with Gasteiger partial charge in [0.2, 0.25) is 0 Å². The van der Waals surface area contributed by atoms with E-state index in [1.807, 2.05) is 6.92 Å². The van der Waals surface area contributed by atoms with Crippen molar-refractivity contribution in [3.63, 3.8) is 0 Å². The summed E-state index contributed by atoms with van der Waals surface area (Å²) in [5, 5.41) is 9.07. The predicted molar refractivity (Wildman–Crippen MR) is 75.8 cm³/mol. The highest BCUT2D eigenvalue weighted by Gasteiger charge is 2.31. The zero-order valence-corrected chi connectivity index (χ0v) is 13.0. The average molecular weight is 329 g/mol. The molecular formula is C14H17BrO4. The highest BCUT2D eigenvalue weighted by Crippen LogP contribution is 2.31. The molecule has 1 aromatic carbocycles. The Hall–Kier alpha value is -1.36. The molecule has 4 nitrogen and oxygen atoms in total. The monoisotopic (exact) mass is 328 g/mol. The molecule has 0 fully saturated rings. The summed E-state index contributed by atoms with van der Waals surface area (Å²) >= 11 is 3.36. The molecule has 1 N–H and O–H groups in total. The zero-order chi connectivity index (χ0) is 14.8. The van der Waals surface area contributed by atoms with Crippen LogP contribution in [0.5, 0.6) is 5.75 Å². The van der Waals surface area contributed by atoms with Crippen molar-refractivity contribution in [1.29, 1.82) is 0 Å². The van der Waals surface area contributed by atoms with Gasteiger partial charge in [0.15, 0.2) is 5.78 Å². The molecule has 1 aromatic rings. The number of Topliss-reactive ketones (excluding diaryl/α,β-unsaturated/α-hetero) is 1. The third-order valence-corrected chi connectivity index (χ3v) is 3.82. The van der Waals surface area contributed by atoms with Gasteiger partial charge < -0.3 is 9.84 Å². The number of carbonyl (C=O) groups is 2. The van der Waals surface area contributed by atoms with Gasteiger partial charge in [0.25, 0.3) is 0 Å².